The zero-order valence-electron chi connectivity index (χ0n) is 13.8. The molecule has 126 valence electrons. The van der Waals surface area contributed by atoms with Gasteiger partial charge in [-0.2, -0.15) is 0 Å². The molecule has 5 nitrogen and oxygen atoms in total. The molecule has 0 bridgehead atoms. The van der Waals surface area contributed by atoms with E-state index in [4.69, 9.17) is 9.47 Å². The van der Waals surface area contributed by atoms with Crippen molar-refractivity contribution in [2.24, 2.45) is 5.41 Å². The van der Waals surface area contributed by atoms with Crippen LogP contribution in [-0.2, 0) is 9.47 Å². The molecule has 2 saturated heterocycles. The monoisotopic (exact) mass is 310 g/mol. The van der Waals surface area contributed by atoms with Crippen LogP contribution < -0.4 is 5.32 Å². The molecule has 2 aliphatic heterocycles. The highest BCUT2D eigenvalue weighted by Gasteiger charge is 2.38. The van der Waals surface area contributed by atoms with Gasteiger partial charge in [-0.15, -0.1) is 6.58 Å². The Morgan fingerprint density at radius 3 is 2.86 bits per heavy atom. The lowest BCUT2D eigenvalue weighted by Gasteiger charge is -2.38. The fourth-order valence-corrected chi connectivity index (χ4v) is 3.22. The topological polar surface area (TPSA) is 50.8 Å². The summed E-state index contributed by atoms with van der Waals surface area (Å²) in [4.78, 5) is 14.5. The first-order valence-electron chi connectivity index (χ1n) is 8.47. The van der Waals surface area contributed by atoms with Crippen molar-refractivity contribution in [1.29, 1.82) is 0 Å². The summed E-state index contributed by atoms with van der Waals surface area (Å²) >= 11 is 0. The first-order chi connectivity index (χ1) is 10.7. The van der Waals surface area contributed by atoms with Gasteiger partial charge in [0.05, 0.1) is 13.2 Å². The van der Waals surface area contributed by atoms with E-state index in [1.165, 1.54) is 0 Å². The van der Waals surface area contributed by atoms with Crippen LogP contribution in [0.3, 0.4) is 0 Å². The maximum atomic E-state index is 12.5. The summed E-state index contributed by atoms with van der Waals surface area (Å²) in [6.45, 7) is 10.2. The number of urea groups is 1. The van der Waals surface area contributed by atoms with Gasteiger partial charge in [0, 0.05) is 37.8 Å². The number of amides is 2. The number of rotatable bonds is 5. The van der Waals surface area contributed by atoms with Crippen LogP contribution in [0.2, 0.25) is 0 Å². The molecule has 2 amide bonds. The van der Waals surface area contributed by atoms with Gasteiger partial charge in [-0.1, -0.05) is 6.08 Å². The van der Waals surface area contributed by atoms with Gasteiger partial charge in [0.25, 0.3) is 0 Å². The Bertz CT molecular complexity index is 367. The summed E-state index contributed by atoms with van der Waals surface area (Å²) in [5.41, 5.74) is 0.0815. The molecule has 0 aromatic heterocycles. The molecule has 2 rings (SSSR count). The number of ether oxygens (including phenoxy) is 2. The van der Waals surface area contributed by atoms with E-state index >= 15 is 0 Å². The highest BCUT2D eigenvalue weighted by atomic mass is 16.5. The Morgan fingerprint density at radius 1 is 1.36 bits per heavy atom. The normalized spacial score (nSPS) is 22.9. The lowest BCUT2D eigenvalue weighted by molar-refractivity contribution is -0.0295. The van der Waals surface area contributed by atoms with Crippen LogP contribution in [0.5, 0.6) is 0 Å². The fourth-order valence-electron chi connectivity index (χ4n) is 3.22. The minimum absolute atomic E-state index is 0.0440. The Labute approximate surface area is 134 Å². The van der Waals surface area contributed by atoms with Gasteiger partial charge < -0.3 is 19.7 Å². The maximum absolute atomic E-state index is 12.5. The molecular formula is C17H30N2O3. The fraction of sp³-hybridized carbons (Fsp3) is 0.824. The maximum Gasteiger partial charge on any atom is 0.317 e. The molecule has 5 heteroatoms. The quantitative estimate of drug-likeness (QED) is 0.627. The summed E-state index contributed by atoms with van der Waals surface area (Å²) in [5, 5.41) is 3.12. The number of hydrogen-bond donors (Lipinski definition) is 1. The van der Waals surface area contributed by atoms with Crippen LogP contribution >= 0.6 is 0 Å². The third kappa shape index (κ3) is 4.99. The molecule has 0 radical (unpaired) electrons. The van der Waals surface area contributed by atoms with Gasteiger partial charge in [-0.25, -0.2) is 4.79 Å². The van der Waals surface area contributed by atoms with Crippen molar-refractivity contribution in [1.82, 2.24) is 10.2 Å². The van der Waals surface area contributed by atoms with Crippen LogP contribution in [0.25, 0.3) is 0 Å². The molecule has 1 atom stereocenters. The second-order valence-corrected chi connectivity index (χ2v) is 6.66. The lowest BCUT2D eigenvalue weighted by Crippen LogP contribution is -2.49. The average molecular weight is 310 g/mol. The molecule has 22 heavy (non-hydrogen) atoms. The van der Waals surface area contributed by atoms with E-state index in [9.17, 15) is 4.79 Å². The molecule has 0 aromatic rings. The third-order valence-electron chi connectivity index (χ3n) is 4.70. The number of unbranched alkanes of at least 4 members (excludes halogenated alkanes) is 1. The number of carbonyl (C=O) groups is 1. The van der Waals surface area contributed by atoms with E-state index in [1.54, 1.807) is 0 Å². The molecule has 1 N–H and O–H groups in total. The van der Waals surface area contributed by atoms with E-state index in [0.717, 1.165) is 58.5 Å². The van der Waals surface area contributed by atoms with Crippen LogP contribution in [0, 0.1) is 5.41 Å². The van der Waals surface area contributed by atoms with Crippen LogP contribution in [0.4, 0.5) is 4.79 Å². The van der Waals surface area contributed by atoms with Crippen molar-refractivity contribution in [3.8, 4) is 0 Å². The molecular weight excluding hydrogens is 280 g/mol. The van der Waals surface area contributed by atoms with E-state index in [0.29, 0.717) is 13.2 Å². The summed E-state index contributed by atoms with van der Waals surface area (Å²) < 4.78 is 11.2. The molecule has 1 spiro atoms. The number of carbonyl (C=O) groups excluding carboxylic acids is 1. The lowest BCUT2D eigenvalue weighted by atomic mass is 9.80. The van der Waals surface area contributed by atoms with Gasteiger partial charge in [-0.3, -0.25) is 0 Å². The zero-order chi connectivity index (χ0) is 15.8. The Hall–Kier alpha value is -1.07. The number of allylic oxidation sites excluding steroid dienone is 1. The summed E-state index contributed by atoms with van der Waals surface area (Å²) in [7, 11) is 0. The molecule has 0 unspecified atom stereocenters. The van der Waals surface area contributed by atoms with E-state index in [1.807, 2.05) is 11.0 Å². The third-order valence-corrected chi connectivity index (χ3v) is 4.70. The van der Waals surface area contributed by atoms with Crippen molar-refractivity contribution in [3.05, 3.63) is 12.7 Å². The van der Waals surface area contributed by atoms with E-state index < -0.39 is 0 Å². The van der Waals surface area contributed by atoms with Crippen molar-refractivity contribution in [3.63, 3.8) is 0 Å². The van der Waals surface area contributed by atoms with Gasteiger partial charge >= 0.3 is 6.03 Å². The summed E-state index contributed by atoms with van der Waals surface area (Å²) in [6.07, 6.45) is 6.93. The van der Waals surface area contributed by atoms with Crippen molar-refractivity contribution in [2.75, 3.05) is 39.5 Å². The van der Waals surface area contributed by atoms with Gasteiger partial charge in [-0.05, 0) is 39.0 Å². The zero-order valence-corrected chi connectivity index (χ0v) is 13.8. The number of nitrogens with one attached hydrogen (secondary N) is 1. The van der Waals surface area contributed by atoms with Crippen LogP contribution in [0.1, 0.15) is 39.0 Å². The second-order valence-electron chi connectivity index (χ2n) is 6.66. The molecule has 2 aliphatic rings. The van der Waals surface area contributed by atoms with E-state index in [2.05, 4.69) is 18.8 Å². The second kappa shape index (κ2) is 8.53. The van der Waals surface area contributed by atoms with Crippen molar-refractivity contribution < 1.29 is 14.3 Å². The highest BCUT2D eigenvalue weighted by Crippen LogP contribution is 2.33. The number of hydrogen-bond acceptors (Lipinski definition) is 3. The first kappa shape index (κ1) is 17.3. The molecule has 0 aliphatic carbocycles. The largest absolute Gasteiger partial charge is 0.381 e. The standard InChI is InChI=1S/C17H30N2O3/c1-3-4-5-6-15(2)18-16(20)19-9-12-22-14-17(13-19)7-10-21-11-8-17/h3,15H,1,4-14H2,2H3,(H,18,20)/t15-/m1/s1. The van der Waals surface area contributed by atoms with Gasteiger partial charge in [0.2, 0.25) is 0 Å². The SMILES string of the molecule is C=CCCC[C@@H](C)NC(=O)N1CCOCC2(CCOCC2)C1. The molecule has 2 heterocycles. The summed E-state index contributed by atoms with van der Waals surface area (Å²) in [6, 6.07) is 0.240. The van der Waals surface area contributed by atoms with Crippen molar-refractivity contribution >= 4 is 6.03 Å². The van der Waals surface area contributed by atoms with Gasteiger partial charge in [0.15, 0.2) is 0 Å². The Balaban J connectivity index is 1.86. The van der Waals surface area contributed by atoms with E-state index in [-0.39, 0.29) is 17.5 Å². The molecule has 0 aromatic carbocycles. The Kier molecular flexibility index (Phi) is 6.70. The minimum Gasteiger partial charge on any atom is -0.381 e. The highest BCUT2D eigenvalue weighted by molar-refractivity contribution is 5.74. The van der Waals surface area contributed by atoms with Crippen molar-refractivity contribution in [2.45, 2.75) is 45.1 Å². The van der Waals surface area contributed by atoms with Gasteiger partial charge in [0.1, 0.15) is 0 Å². The Morgan fingerprint density at radius 2 is 2.14 bits per heavy atom. The smallest absolute Gasteiger partial charge is 0.317 e. The van der Waals surface area contributed by atoms with Crippen LogP contribution in [0.15, 0.2) is 12.7 Å². The number of nitrogens with zero attached hydrogens (tertiary/aromatic N) is 1. The summed E-state index contributed by atoms with van der Waals surface area (Å²) in [5.74, 6) is 0. The minimum atomic E-state index is 0.0440. The molecule has 2 fully saturated rings. The average Bonchev–Trinajstić information content (AvgIpc) is 2.71. The first-order valence-corrected chi connectivity index (χ1v) is 8.47. The molecule has 0 saturated carbocycles. The van der Waals surface area contributed by atoms with Crippen LogP contribution in [-0.4, -0.2) is 56.5 Å². The predicted octanol–water partition coefficient (Wildman–Crippen LogP) is 2.57. The predicted molar refractivity (Wildman–Crippen MR) is 86.9 cm³/mol.